The molecule has 0 radical (unpaired) electrons. The van der Waals surface area contributed by atoms with Crippen LogP contribution in [0.15, 0.2) is 48.5 Å². The summed E-state index contributed by atoms with van der Waals surface area (Å²) < 4.78 is 5.75. The van der Waals surface area contributed by atoms with E-state index in [1.807, 2.05) is 36.4 Å². The van der Waals surface area contributed by atoms with Crippen molar-refractivity contribution in [2.75, 3.05) is 0 Å². The Morgan fingerprint density at radius 1 is 0.950 bits per heavy atom. The minimum absolute atomic E-state index is 0. The van der Waals surface area contributed by atoms with Crippen LogP contribution < -0.4 is 21.7 Å². The van der Waals surface area contributed by atoms with E-state index in [0.29, 0.717) is 6.61 Å². The Labute approximate surface area is 148 Å². The first-order valence-electron chi connectivity index (χ1n) is 6.24. The summed E-state index contributed by atoms with van der Waals surface area (Å²) in [5.74, 6) is 0.913. The molecule has 0 aliphatic heterocycles. The minimum Gasteiger partial charge on any atom is -1.00 e. The maximum absolute atomic E-state index is 5.75. The van der Waals surface area contributed by atoms with Crippen molar-refractivity contribution in [1.29, 1.82) is 0 Å². The van der Waals surface area contributed by atoms with Gasteiger partial charge in [-0.25, -0.2) is 0 Å². The first-order valence-corrected chi connectivity index (χ1v) is 6.24. The maximum Gasteiger partial charge on any atom is 2.00 e. The van der Waals surface area contributed by atoms with E-state index >= 15 is 0 Å². The quantitative estimate of drug-likeness (QED) is 0.596. The van der Waals surface area contributed by atoms with Crippen molar-refractivity contribution < 1.29 is 21.7 Å². The molecular weight excluding hydrogens is 324 g/mol. The zero-order valence-corrected chi connectivity index (χ0v) is 15.3. The van der Waals surface area contributed by atoms with Crippen LogP contribution in [-0.2, 0) is 12.0 Å². The normalized spacial score (nSPS) is 10.2. The number of hydrogen-bond acceptors (Lipinski definition) is 1. The predicted molar refractivity (Wildman–Crippen MR) is 80.5 cm³/mol. The zero-order chi connectivity index (χ0) is 13.0. The van der Waals surface area contributed by atoms with Crippen LogP contribution in [0, 0.1) is 6.07 Å². The van der Waals surface area contributed by atoms with Crippen molar-refractivity contribution in [2.45, 2.75) is 32.8 Å². The minimum atomic E-state index is 0. The van der Waals surface area contributed by atoms with E-state index in [1.165, 1.54) is 5.56 Å². The smallest absolute Gasteiger partial charge is 1.00 e. The van der Waals surface area contributed by atoms with Gasteiger partial charge >= 0.3 is 23.1 Å². The van der Waals surface area contributed by atoms with Gasteiger partial charge < -0.3 is 21.7 Å². The molecule has 0 N–H and O–H groups in total. The molecule has 0 spiro atoms. The summed E-state index contributed by atoms with van der Waals surface area (Å²) in [7, 11) is 0. The van der Waals surface area contributed by atoms with Gasteiger partial charge in [0, 0.05) is 0 Å². The number of benzene rings is 2. The molecule has 0 unspecified atom stereocenters. The Hall–Kier alpha value is -0.514. The molecule has 1 nitrogen and oxygen atoms in total. The maximum atomic E-state index is 5.75. The van der Waals surface area contributed by atoms with E-state index in [-0.39, 0.29) is 45.4 Å². The second kappa shape index (κ2) is 8.70. The summed E-state index contributed by atoms with van der Waals surface area (Å²) in [4.78, 5) is 0. The SMILES string of the molecule is CC(C)(C)c1ccc(OCc2cc[c-]cc2)cc1.[Br-].[Mg+2]. The fraction of sp³-hybridized carbons (Fsp3) is 0.294. The van der Waals surface area contributed by atoms with Gasteiger partial charge in [-0.2, -0.15) is 30.3 Å². The standard InChI is InChI=1S/C17H19O.BrH.Mg/c1-17(2,3)15-9-11-16(12-10-15)18-13-14-7-5-4-6-8-14;;/h5-12H,13H2,1-3H3;1H;/q-1;;+2/p-1. The Kier molecular flexibility index (Phi) is 8.48. The molecule has 0 saturated carbocycles. The van der Waals surface area contributed by atoms with Crippen molar-refractivity contribution in [3.63, 3.8) is 0 Å². The topological polar surface area (TPSA) is 9.23 Å². The first kappa shape index (κ1) is 19.5. The molecule has 2 aromatic carbocycles. The average Bonchev–Trinajstić information content (AvgIpc) is 2.37. The molecule has 0 saturated heterocycles. The molecule has 0 amide bonds. The largest absolute Gasteiger partial charge is 2.00 e. The molecule has 0 aliphatic carbocycles. The molecule has 0 fully saturated rings. The van der Waals surface area contributed by atoms with Gasteiger partial charge in [-0.05, 0) is 23.1 Å². The Bertz CT molecular complexity index is 489. The van der Waals surface area contributed by atoms with E-state index in [0.717, 1.165) is 11.3 Å². The van der Waals surface area contributed by atoms with Crippen molar-refractivity contribution >= 4 is 23.1 Å². The van der Waals surface area contributed by atoms with Crippen LogP contribution in [0.4, 0.5) is 0 Å². The molecule has 2 rings (SSSR count). The van der Waals surface area contributed by atoms with Crippen LogP contribution in [0.1, 0.15) is 31.9 Å². The van der Waals surface area contributed by atoms with Gasteiger partial charge in [-0.15, -0.1) is 5.56 Å². The van der Waals surface area contributed by atoms with Crippen LogP contribution in [0.5, 0.6) is 5.75 Å². The molecule has 0 bridgehead atoms. The summed E-state index contributed by atoms with van der Waals surface area (Å²) in [6.07, 6.45) is 0. The van der Waals surface area contributed by atoms with E-state index < -0.39 is 0 Å². The summed E-state index contributed by atoms with van der Waals surface area (Å²) in [6.45, 7) is 7.24. The van der Waals surface area contributed by atoms with Crippen LogP contribution in [0.25, 0.3) is 0 Å². The average molecular weight is 344 g/mol. The third-order valence-corrected chi connectivity index (χ3v) is 2.91. The first-order chi connectivity index (χ1) is 8.55. The number of rotatable bonds is 3. The van der Waals surface area contributed by atoms with Gasteiger partial charge in [0.05, 0.1) is 6.61 Å². The number of ether oxygens (including phenoxy) is 1. The summed E-state index contributed by atoms with van der Waals surface area (Å²) in [6, 6.07) is 19.2. The van der Waals surface area contributed by atoms with E-state index in [9.17, 15) is 0 Å². The van der Waals surface area contributed by atoms with Gasteiger partial charge in [0.25, 0.3) is 0 Å². The second-order valence-electron chi connectivity index (χ2n) is 5.47. The van der Waals surface area contributed by atoms with E-state index in [1.54, 1.807) is 0 Å². The van der Waals surface area contributed by atoms with Crippen molar-refractivity contribution in [3.05, 3.63) is 65.7 Å². The predicted octanol–water partition coefficient (Wildman–Crippen LogP) is 0.986. The molecule has 2 aromatic rings. The van der Waals surface area contributed by atoms with Gasteiger partial charge in [-0.3, -0.25) is 0 Å². The molecular formula is C17H19BrMgO. The van der Waals surface area contributed by atoms with Crippen molar-refractivity contribution in [1.82, 2.24) is 0 Å². The Morgan fingerprint density at radius 2 is 1.50 bits per heavy atom. The van der Waals surface area contributed by atoms with Gasteiger partial charge in [0.1, 0.15) is 5.75 Å². The molecule has 102 valence electrons. The molecule has 0 aromatic heterocycles. The monoisotopic (exact) mass is 342 g/mol. The number of halogens is 1. The fourth-order valence-electron chi connectivity index (χ4n) is 1.74. The second-order valence-corrected chi connectivity index (χ2v) is 5.47. The van der Waals surface area contributed by atoms with Crippen LogP contribution in [0.2, 0.25) is 0 Å². The Morgan fingerprint density at radius 3 is 2.00 bits per heavy atom. The van der Waals surface area contributed by atoms with Crippen LogP contribution in [0.3, 0.4) is 0 Å². The zero-order valence-electron chi connectivity index (χ0n) is 12.3. The van der Waals surface area contributed by atoms with Gasteiger partial charge in [-0.1, -0.05) is 32.9 Å². The van der Waals surface area contributed by atoms with Crippen LogP contribution in [-0.4, -0.2) is 23.1 Å². The summed E-state index contributed by atoms with van der Waals surface area (Å²) in [5.41, 5.74) is 2.67. The molecule has 3 heteroatoms. The summed E-state index contributed by atoms with van der Waals surface area (Å²) in [5, 5.41) is 0. The summed E-state index contributed by atoms with van der Waals surface area (Å²) >= 11 is 0. The van der Waals surface area contributed by atoms with Gasteiger partial charge in [0.15, 0.2) is 0 Å². The molecule has 0 aliphatic rings. The third-order valence-electron chi connectivity index (χ3n) is 2.91. The Balaban J connectivity index is 0.00000180. The molecule has 0 heterocycles. The fourth-order valence-corrected chi connectivity index (χ4v) is 1.74. The van der Waals surface area contributed by atoms with Crippen LogP contribution >= 0.6 is 0 Å². The van der Waals surface area contributed by atoms with Crippen molar-refractivity contribution in [3.8, 4) is 5.75 Å². The molecule has 20 heavy (non-hydrogen) atoms. The number of hydrogen-bond donors (Lipinski definition) is 0. The van der Waals surface area contributed by atoms with E-state index in [4.69, 9.17) is 4.74 Å². The van der Waals surface area contributed by atoms with E-state index in [2.05, 4.69) is 39.0 Å². The van der Waals surface area contributed by atoms with Gasteiger partial charge in [0.2, 0.25) is 0 Å². The molecule has 0 atom stereocenters. The van der Waals surface area contributed by atoms with Crippen molar-refractivity contribution in [2.24, 2.45) is 0 Å². The third kappa shape index (κ3) is 5.86.